The van der Waals surface area contributed by atoms with Crippen LogP contribution in [0.2, 0.25) is 0 Å². The van der Waals surface area contributed by atoms with Gasteiger partial charge in [-0.3, -0.25) is 0 Å². The van der Waals surface area contributed by atoms with Crippen molar-refractivity contribution in [1.29, 1.82) is 0 Å². The third-order valence-corrected chi connectivity index (χ3v) is 10.3. The topological polar surface area (TPSA) is 16.4 Å². The zero-order chi connectivity index (χ0) is 34.4. The van der Waals surface area contributed by atoms with Gasteiger partial charge in [-0.1, -0.05) is 140 Å². The van der Waals surface area contributed by atoms with Crippen molar-refractivity contribution in [3.05, 3.63) is 200 Å². The summed E-state index contributed by atoms with van der Waals surface area (Å²) < 4.78 is 6.35. The lowest BCUT2D eigenvalue weighted by Gasteiger charge is -2.26. The molecule has 0 bridgehead atoms. The number of fused-ring (bicyclic) bond motifs is 5. The molecule has 0 unspecified atom stereocenters. The van der Waals surface area contributed by atoms with Gasteiger partial charge < -0.3 is 9.32 Å². The number of furan rings is 1. The van der Waals surface area contributed by atoms with Gasteiger partial charge in [0.1, 0.15) is 11.2 Å². The van der Waals surface area contributed by atoms with Crippen molar-refractivity contribution in [2.24, 2.45) is 0 Å². The lowest BCUT2D eigenvalue weighted by Crippen LogP contribution is -2.09. The molecular formula is C50H33NO. The van der Waals surface area contributed by atoms with Gasteiger partial charge >= 0.3 is 0 Å². The number of hydrogen-bond donors (Lipinski definition) is 0. The van der Waals surface area contributed by atoms with E-state index in [2.05, 4.69) is 193 Å². The van der Waals surface area contributed by atoms with Crippen LogP contribution in [0.4, 0.5) is 17.1 Å². The molecule has 10 rings (SSSR count). The zero-order valence-corrected chi connectivity index (χ0v) is 28.4. The fourth-order valence-electron chi connectivity index (χ4n) is 7.62. The van der Waals surface area contributed by atoms with Crippen LogP contribution in [-0.4, -0.2) is 0 Å². The van der Waals surface area contributed by atoms with Crippen LogP contribution in [0.3, 0.4) is 0 Å². The molecule has 0 aliphatic carbocycles. The Kier molecular flexibility index (Phi) is 7.18. The third-order valence-electron chi connectivity index (χ3n) is 10.3. The quantitative estimate of drug-likeness (QED) is 0.176. The van der Waals surface area contributed by atoms with Gasteiger partial charge in [0.2, 0.25) is 0 Å². The fourth-order valence-corrected chi connectivity index (χ4v) is 7.62. The van der Waals surface area contributed by atoms with Gasteiger partial charge in [0, 0.05) is 33.9 Å². The summed E-state index contributed by atoms with van der Waals surface area (Å²) in [6.07, 6.45) is 0. The van der Waals surface area contributed by atoms with Crippen LogP contribution in [0.15, 0.2) is 205 Å². The Morgan fingerprint density at radius 3 is 1.63 bits per heavy atom. The van der Waals surface area contributed by atoms with Crippen LogP contribution in [0.1, 0.15) is 0 Å². The highest BCUT2D eigenvalue weighted by molar-refractivity contribution is 6.06. The Morgan fingerprint density at radius 2 is 0.846 bits per heavy atom. The summed E-state index contributed by atoms with van der Waals surface area (Å²) in [4.78, 5) is 2.31. The second-order valence-corrected chi connectivity index (χ2v) is 13.4. The highest BCUT2D eigenvalue weighted by Crippen LogP contribution is 2.40. The van der Waals surface area contributed by atoms with Gasteiger partial charge in [-0.25, -0.2) is 0 Å². The average Bonchev–Trinajstić information content (AvgIpc) is 3.59. The summed E-state index contributed by atoms with van der Waals surface area (Å²) in [6.45, 7) is 0. The van der Waals surface area contributed by atoms with E-state index in [0.29, 0.717) is 0 Å². The number of anilines is 3. The molecule has 0 amide bonds. The van der Waals surface area contributed by atoms with E-state index in [1.807, 2.05) is 12.1 Å². The fraction of sp³-hybridized carbons (Fsp3) is 0. The molecule has 10 aromatic rings. The highest BCUT2D eigenvalue weighted by atomic mass is 16.3. The first-order valence-corrected chi connectivity index (χ1v) is 17.7. The van der Waals surface area contributed by atoms with Crippen molar-refractivity contribution in [2.75, 3.05) is 4.90 Å². The minimum Gasteiger partial charge on any atom is -0.456 e. The molecule has 0 N–H and O–H groups in total. The first-order valence-electron chi connectivity index (χ1n) is 17.7. The van der Waals surface area contributed by atoms with Gasteiger partial charge in [-0.05, 0) is 110 Å². The summed E-state index contributed by atoms with van der Waals surface area (Å²) in [5.74, 6) is 0. The number of nitrogens with zero attached hydrogens (tertiary/aromatic N) is 1. The Labute approximate surface area is 302 Å². The Balaban J connectivity index is 1.04. The predicted octanol–water partition coefficient (Wildman–Crippen LogP) is 14.4. The molecule has 0 radical (unpaired) electrons. The molecule has 52 heavy (non-hydrogen) atoms. The summed E-state index contributed by atoms with van der Waals surface area (Å²) in [5, 5.41) is 7.26. The molecule has 0 atom stereocenters. The lowest BCUT2D eigenvalue weighted by molar-refractivity contribution is 0.669. The molecular weight excluding hydrogens is 631 g/mol. The molecule has 1 heterocycles. The second kappa shape index (κ2) is 12.5. The molecule has 0 saturated heterocycles. The molecule has 2 nitrogen and oxygen atoms in total. The average molecular weight is 664 g/mol. The van der Waals surface area contributed by atoms with Crippen LogP contribution in [-0.2, 0) is 0 Å². The molecule has 0 spiro atoms. The SMILES string of the molecule is c1cc(-c2ccc(N(c3ccc(-c4ccc5ccccc5c4)cc3)c3ccc4c(c3)oc3ccccc34)cc2)cc(-c2cccc3ccccc23)c1. The van der Waals surface area contributed by atoms with E-state index in [1.54, 1.807) is 0 Å². The number of para-hydroxylation sites is 1. The molecule has 0 saturated carbocycles. The van der Waals surface area contributed by atoms with Gasteiger partial charge in [0.15, 0.2) is 0 Å². The van der Waals surface area contributed by atoms with E-state index >= 15 is 0 Å². The van der Waals surface area contributed by atoms with Gasteiger partial charge in [-0.15, -0.1) is 0 Å². The molecule has 0 aliphatic heterocycles. The van der Waals surface area contributed by atoms with E-state index in [0.717, 1.165) is 39.0 Å². The van der Waals surface area contributed by atoms with Crippen LogP contribution in [0.5, 0.6) is 0 Å². The molecule has 0 fully saturated rings. The number of benzene rings is 9. The number of rotatable bonds is 6. The van der Waals surface area contributed by atoms with Crippen molar-refractivity contribution < 1.29 is 4.42 Å². The lowest BCUT2D eigenvalue weighted by atomic mass is 9.95. The van der Waals surface area contributed by atoms with E-state index in [4.69, 9.17) is 4.42 Å². The Bertz CT molecular complexity index is 2890. The zero-order valence-electron chi connectivity index (χ0n) is 28.4. The standard InChI is InChI=1S/C50H33NO/c1-2-11-38-31-40(20-19-34(38)9-1)36-23-27-43(28-24-36)51(44-29-30-48-47-16-5-6-18-49(47)52-50(48)33-44)42-25-21-35(22-26-42)39-13-7-14-41(32-39)46-17-8-12-37-10-3-4-15-45(37)46/h1-33H. The van der Waals surface area contributed by atoms with Crippen LogP contribution in [0, 0.1) is 0 Å². The minimum absolute atomic E-state index is 0.873. The first kappa shape index (κ1) is 30.0. The first-order chi connectivity index (χ1) is 25.7. The van der Waals surface area contributed by atoms with Gasteiger partial charge in [-0.2, -0.15) is 0 Å². The molecule has 9 aromatic carbocycles. The second-order valence-electron chi connectivity index (χ2n) is 13.4. The van der Waals surface area contributed by atoms with Crippen LogP contribution in [0.25, 0.3) is 76.9 Å². The third kappa shape index (κ3) is 5.30. The van der Waals surface area contributed by atoms with E-state index < -0.39 is 0 Å². The normalized spacial score (nSPS) is 11.5. The van der Waals surface area contributed by atoms with Crippen molar-refractivity contribution in [2.45, 2.75) is 0 Å². The van der Waals surface area contributed by atoms with E-state index in [9.17, 15) is 0 Å². The van der Waals surface area contributed by atoms with Crippen molar-refractivity contribution >= 4 is 60.5 Å². The van der Waals surface area contributed by atoms with Crippen molar-refractivity contribution in [3.63, 3.8) is 0 Å². The summed E-state index contributed by atoms with van der Waals surface area (Å²) in [6, 6.07) is 71.7. The monoisotopic (exact) mass is 663 g/mol. The summed E-state index contributed by atoms with van der Waals surface area (Å²) in [7, 11) is 0. The molecule has 0 aliphatic rings. The maximum atomic E-state index is 6.35. The molecule has 1 aromatic heterocycles. The molecule has 244 valence electrons. The van der Waals surface area contributed by atoms with Crippen molar-refractivity contribution in [3.8, 4) is 33.4 Å². The predicted molar refractivity (Wildman–Crippen MR) is 220 cm³/mol. The Morgan fingerprint density at radius 1 is 0.288 bits per heavy atom. The van der Waals surface area contributed by atoms with Gasteiger partial charge in [0.05, 0.1) is 0 Å². The highest BCUT2D eigenvalue weighted by Gasteiger charge is 2.16. The van der Waals surface area contributed by atoms with Crippen LogP contribution < -0.4 is 4.90 Å². The maximum Gasteiger partial charge on any atom is 0.137 e. The van der Waals surface area contributed by atoms with E-state index in [1.165, 1.54) is 54.9 Å². The van der Waals surface area contributed by atoms with Crippen molar-refractivity contribution in [1.82, 2.24) is 0 Å². The summed E-state index contributed by atoms with van der Waals surface area (Å²) in [5.41, 5.74) is 12.2. The molecule has 2 heteroatoms. The smallest absolute Gasteiger partial charge is 0.137 e. The van der Waals surface area contributed by atoms with E-state index in [-0.39, 0.29) is 0 Å². The Hall–Kier alpha value is -6.90. The minimum atomic E-state index is 0.873. The largest absolute Gasteiger partial charge is 0.456 e. The van der Waals surface area contributed by atoms with Crippen LogP contribution >= 0.6 is 0 Å². The van der Waals surface area contributed by atoms with Gasteiger partial charge in [0.25, 0.3) is 0 Å². The maximum absolute atomic E-state index is 6.35. The summed E-state index contributed by atoms with van der Waals surface area (Å²) >= 11 is 0. The number of hydrogen-bond acceptors (Lipinski definition) is 2.